The Labute approximate surface area is 149 Å². The summed E-state index contributed by atoms with van der Waals surface area (Å²) < 4.78 is 5.30. The Balaban J connectivity index is 1.89. The van der Waals surface area contributed by atoms with Crippen molar-refractivity contribution in [3.05, 3.63) is 62.6 Å². The summed E-state index contributed by atoms with van der Waals surface area (Å²) in [5.74, 6) is -0.143. The van der Waals surface area contributed by atoms with Gasteiger partial charge in [-0.2, -0.15) is 5.10 Å². The van der Waals surface area contributed by atoms with Gasteiger partial charge in [0.05, 0.1) is 21.3 Å². The van der Waals surface area contributed by atoms with Crippen molar-refractivity contribution in [2.45, 2.75) is 6.92 Å². The molecule has 0 heterocycles. The molecule has 120 valence electrons. The van der Waals surface area contributed by atoms with Crippen LogP contribution in [-0.4, -0.2) is 18.7 Å². The normalized spacial score (nSPS) is 10.8. The van der Waals surface area contributed by atoms with Crippen LogP contribution in [0.4, 0.5) is 0 Å². The Kier molecular flexibility index (Phi) is 6.28. The van der Waals surface area contributed by atoms with Gasteiger partial charge in [0.25, 0.3) is 5.91 Å². The maximum atomic E-state index is 11.7. The molecule has 0 aliphatic rings. The number of rotatable bonds is 5. The lowest BCUT2D eigenvalue weighted by atomic mass is 10.1. The Morgan fingerprint density at radius 3 is 2.61 bits per heavy atom. The highest BCUT2D eigenvalue weighted by Gasteiger charge is 2.09. The predicted octanol–water partition coefficient (Wildman–Crippen LogP) is 4.48. The van der Waals surface area contributed by atoms with E-state index >= 15 is 0 Å². The van der Waals surface area contributed by atoms with Gasteiger partial charge in [0.2, 0.25) is 0 Å². The fourth-order valence-corrected chi connectivity index (χ4v) is 2.29. The third kappa shape index (κ3) is 5.13. The van der Waals surface area contributed by atoms with Crippen LogP contribution in [-0.2, 0) is 4.79 Å². The zero-order chi connectivity index (χ0) is 16.8. The topological polar surface area (TPSA) is 50.7 Å². The third-order valence-electron chi connectivity index (χ3n) is 2.91. The molecule has 1 N–H and O–H groups in total. The Morgan fingerprint density at radius 1 is 1.17 bits per heavy atom. The zero-order valence-corrected chi connectivity index (χ0v) is 14.4. The molecule has 23 heavy (non-hydrogen) atoms. The molecule has 0 fully saturated rings. The minimum atomic E-state index is -0.419. The van der Waals surface area contributed by atoms with Gasteiger partial charge in [-0.05, 0) is 24.1 Å². The van der Waals surface area contributed by atoms with Crippen LogP contribution in [0.5, 0.6) is 5.75 Å². The number of aryl methyl sites for hydroxylation is 1. The molecular formula is C16H13Cl3N2O2. The second-order valence-corrected chi connectivity index (χ2v) is 5.86. The number of ether oxygens (including phenoxy) is 1. The molecule has 0 saturated carbocycles. The summed E-state index contributed by atoms with van der Waals surface area (Å²) in [4.78, 5) is 11.7. The van der Waals surface area contributed by atoms with E-state index in [0.717, 1.165) is 11.1 Å². The first kappa shape index (κ1) is 17.6. The Hall–Kier alpha value is -1.75. The molecule has 0 aliphatic heterocycles. The number of carbonyl (C=O) groups is 1. The van der Waals surface area contributed by atoms with E-state index in [1.165, 1.54) is 12.1 Å². The lowest BCUT2D eigenvalue weighted by Crippen LogP contribution is -2.24. The van der Waals surface area contributed by atoms with Gasteiger partial charge < -0.3 is 4.74 Å². The van der Waals surface area contributed by atoms with Crippen molar-refractivity contribution in [3.63, 3.8) is 0 Å². The Morgan fingerprint density at radius 2 is 1.87 bits per heavy atom. The van der Waals surface area contributed by atoms with Crippen LogP contribution in [0, 0.1) is 6.92 Å². The highest BCUT2D eigenvalue weighted by Crippen LogP contribution is 2.33. The van der Waals surface area contributed by atoms with Gasteiger partial charge in [-0.25, -0.2) is 5.43 Å². The highest BCUT2D eigenvalue weighted by molar-refractivity contribution is 6.43. The molecule has 0 aromatic heterocycles. The van der Waals surface area contributed by atoms with E-state index < -0.39 is 5.91 Å². The summed E-state index contributed by atoms with van der Waals surface area (Å²) in [5, 5.41) is 4.77. The first-order chi connectivity index (χ1) is 11.0. The standard InChI is InChI=1S/C16H13Cl3N2O2/c1-10-4-2-3-5-11(10)8-20-21-16(22)9-23-15-7-13(18)12(17)6-14(15)19/h2-8H,9H2,1H3,(H,21,22). The maximum absolute atomic E-state index is 11.7. The van der Waals surface area contributed by atoms with Gasteiger partial charge in [0.15, 0.2) is 6.61 Å². The van der Waals surface area contributed by atoms with Crippen LogP contribution < -0.4 is 10.2 Å². The fourth-order valence-electron chi connectivity index (χ4n) is 1.70. The summed E-state index contributed by atoms with van der Waals surface area (Å²) in [5.41, 5.74) is 4.35. The minimum Gasteiger partial charge on any atom is -0.482 e. The van der Waals surface area contributed by atoms with E-state index in [0.29, 0.717) is 10.0 Å². The van der Waals surface area contributed by atoms with Crippen molar-refractivity contribution in [2.24, 2.45) is 5.10 Å². The van der Waals surface area contributed by atoms with Crippen LogP contribution in [0.15, 0.2) is 41.5 Å². The number of hydrazone groups is 1. The summed E-state index contributed by atoms with van der Waals surface area (Å²) in [6, 6.07) is 10.6. The maximum Gasteiger partial charge on any atom is 0.277 e. The molecule has 0 bridgehead atoms. The van der Waals surface area contributed by atoms with E-state index in [1.54, 1.807) is 6.21 Å². The molecule has 0 aliphatic carbocycles. The average molecular weight is 372 g/mol. The van der Waals surface area contributed by atoms with Crippen molar-refractivity contribution < 1.29 is 9.53 Å². The molecule has 0 saturated heterocycles. The summed E-state index contributed by atoms with van der Waals surface area (Å²) in [6.45, 7) is 1.71. The van der Waals surface area contributed by atoms with Crippen LogP contribution in [0.25, 0.3) is 0 Å². The molecule has 0 radical (unpaired) electrons. The van der Waals surface area contributed by atoms with Crippen molar-refractivity contribution in [3.8, 4) is 5.75 Å². The second-order valence-electron chi connectivity index (χ2n) is 4.64. The summed E-state index contributed by atoms with van der Waals surface area (Å²) >= 11 is 17.6. The van der Waals surface area contributed by atoms with Crippen LogP contribution >= 0.6 is 34.8 Å². The molecule has 0 atom stereocenters. The Bertz CT molecular complexity index is 748. The van der Waals surface area contributed by atoms with Gasteiger partial charge in [0.1, 0.15) is 5.75 Å². The molecule has 1 amide bonds. The highest BCUT2D eigenvalue weighted by atomic mass is 35.5. The zero-order valence-electron chi connectivity index (χ0n) is 12.1. The van der Waals surface area contributed by atoms with Crippen LogP contribution in [0.1, 0.15) is 11.1 Å². The molecule has 2 aromatic carbocycles. The lowest BCUT2D eigenvalue weighted by Gasteiger charge is -2.08. The van der Waals surface area contributed by atoms with Gasteiger partial charge in [0, 0.05) is 6.07 Å². The molecule has 0 spiro atoms. The van der Waals surface area contributed by atoms with Crippen LogP contribution in [0.3, 0.4) is 0 Å². The molecule has 2 aromatic rings. The number of benzene rings is 2. The SMILES string of the molecule is Cc1ccccc1C=NNC(=O)COc1cc(Cl)c(Cl)cc1Cl. The third-order valence-corrected chi connectivity index (χ3v) is 3.93. The molecule has 7 heteroatoms. The first-order valence-electron chi connectivity index (χ1n) is 6.62. The van der Waals surface area contributed by atoms with Crippen molar-refractivity contribution in [1.29, 1.82) is 0 Å². The average Bonchev–Trinajstić information content (AvgIpc) is 2.51. The number of halogens is 3. The van der Waals surface area contributed by atoms with Gasteiger partial charge in [-0.15, -0.1) is 0 Å². The van der Waals surface area contributed by atoms with Gasteiger partial charge in [-0.3, -0.25) is 4.79 Å². The number of nitrogens with one attached hydrogen (secondary N) is 1. The van der Waals surface area contributed by atoms with E-state index in [-0.39, 0.29) is 17.4 Å². The van der Waals surface area contributed by atoms with E-state index in [2.05, 4.69) is 10.5 Å². The minimum absolute atomic E-state index is 0.247. The summed E-state index contributed by atoms with van der Waals surface area (Å²) in [7, 11) is 0. The van der Waals surface area contributed by atoms with Gasteiger partial charge in [-0.1, -0.05) is 59.1 Å². The smallest absolute Gasteiger partial charge is 0.277 e. The number of hydrogen-bond donors (Lipinski definition) is 1. The summed E-state index contributed by atoms with van der Waals surface area (Å²) in [6.07, 6.45) is 1.57. The van der Waals surface area contributed by atoms with E-state index in [1.807, 2.05) is 31.2 Å². The van der Waals surface area contributed by atoms with Gasteiger partial charge >= 0.3 is 0 Å². The van der Waals surface area contributed by atoms with Crippen molar-refractivity contribution in [2.75, 3.05) is 6.61 Å². The number of nitrogens with zero attached hydrogens (tertiary/aromatic N) is 1. The lowest BCUT2D eigenvalue weighted by molar-refractivity contribution is -0.123. The van der Waals surface area contributed by atoms with Crippen molar-refractivity contribution in [1.82, 2.24) is 5.43 Å². The molecule has 2 rings (SSSR count). The first-order valence-corrected chi connectivity index (χ1v) is 7.75. The second kappa shape index (κ2) is 8.20. The quantitative estimate of drug-likeness (QED) is 0.478. The van der Waals surface area contributed by atoms with E-state index in [9.17, 15) is 4.79 Å². The number of amides is 1. The van der Waals surface area contributed by atoms with E-state index in [4.69, 9.17) is 39.5 Å². The predicted molar refractivity (Wildman–Crippen MR) is 93.9 cm³/mol. The number of carbonyl (C=O) groups excluding carboxylic acids is 1. The molecule has 4 nitrogen and oxygen atoms in total. The van der Waals surface area contributed by atoms with Crippen LogP contribution in [0.2, 0.25) is 15.1 Å². The molecule has 0 unspecified atom stereocenters. The largest absolute Gasteiger partial charge is 0.482 e. The number of hydrogen-bond acceptors (Lipinski definition) is 3. The fraction of sp³-hybridized carbons (Fsp3) is 0.125. The molecular weight excluding hydrogens is 359 g/mol. The monoisotopic (exact) mass is 370 g/mol. The van der Waals surface area contributed by atoms with Crippen molar-refractivity contribution >= 4 is 46.9 Å².